The minimum atomic E-state index is -0.125. The van der Waals surface area contributed by atoms with E-state index in [1.807, 2.05) is 0 Å². The van der Waals surface area contributed by atoms with Gasteiger partial charge in [-0.3, -0.25) is 0 Å². The molecule has 0 N–H and O–H groups in total. The minimum Gasteiger partial charge on any atom is -0.369 e. The topological polar surface area (TPSA) is 6.48 Å². The van der Waals surface area contributed by atoms with Gasteiger partial charge in [0, 0.05) is 51.5 Å². The summed E-state index contributed by atoms with van der Waals surface area (Å²) in [5.41, 5.74) is 9.28. The third-order valence-electron chi connectivity index (χ3n) is 9.90. The van der Waals surface area contributed by atoms with Gasteiger partial charge < -0.3 is 9.80 Å². The van der Waals surface area contributed by atoms with Gasteiger partial charge in [-0.05, 0) is 72.6 Å². The van der Waals surface area contributed by atoms with Gasteiger partial charge in [-0.2, -0.15) is 0 Å². The number of benzene rings is 2. The molecule has 2 nitrogen and oxygen atoms in total. The lowest BCUT2D eigenvalue weighted by Crippen LogP contribution is -2.55. The first kappa shape index (κ1) is 28.9. The zero-order valence-electron chi connectivity index (χ0n) is 25.7. The molecule has 1 aliphatic carbocycles. The highest BCUT2D eigenvalue weighted by molar-refractivity contribution is 6.32. The minimum absolute atomic E-state index is 0.00808. The van der Waals surface area contributed by atoms with E-state index in [-0.39, 0.29) is 16.3 Å². The third kappa shape index (κ3) is 4.59. The Bertz CT molecular complexity index is 1400. The SMILES string of the molecule is BC1(/C=C/C2=C(Cl)C(=C/C=C3/N(CCC)c4ccccc4C3(C)C)/CCC2)N(CCC)c2ccccc2C1(C)C. The van der Waals surface area contributed by atoms with E-state index in [0.29, 0.717) is 0 Å². The molecule has 2 heterocycles. The van der Waals surface area contributed by atoms with Crippen molar-refractivity contribution in [1.29, 1.82) is 0 Å². The predicted octanol–water partition coefficient (Wildman–Crippen LogP) is 8.77. The van der Waals surface area contributed by atoms with Gasteiger partial charge in [0.1, 0.15) is 7.85 Å². The van der Waals surface area contributed by atoms with Crippen LogP contribution in [0.15, 0.2) is 94.7 Å². The largest absolute Gasteiger partial charge is 0.369 e. The molecule has 2 aliphatic heterocycles. The smallest absolute Gasteiger partial charge is 0.141 e. The maximum atomic E-state index is 7.18. The summed E-state index contributed by atoms with van der Waals surface area (Å²) < 4.78 is 0. The number of halogens is 1. The van der Waals surface area contributed by atoms with Crippen LogP contribution in [0.4, 0.5) is 11.4 Å². The Morgan fingerprint density at radius 1 is 0.850 bits per heavy atom. The highest BCUT2D eigenvalue weighted by Crippen LogP contribution is 2.51. The van der Waals surface area contributed by atoms with Crippen LogP contribution in [-0.2, 0) is 10.8 Å². The van der Waals surface area contributed by atoms with E-state index in [0.717, 1.165) is 50.2 Å². The summed E-state index contributed by atoms with van der Waals surface area (Å²) in [5.74, 6) is 0. The summed E-state index contributed by atoms with van der Waals surface area (Å²) in [6, 6.07) is 17.8. The second-order valence-corrected chi connectivity index (χ2v) is 13.4. The zero-order chi connectivity index (χ0) is 28.7. The van der Waals surface area contributed by atoms with Crippen LogP contribution < -0.4 is 9.80 Å². The first-order valence-corrected chi connectivity index (χ1v) is 15.7. The summed E-state index contributed by atoms with van der Waals surface area (Å²) in [6.07, 6.45) is 14.9. The van der Waals surface area contributed by atoms with Gasteiger partial charge in [-0.15, -0.1) is 0 Å². The van der Waals surface area contributed by atoms with Crippen LogP contribution >= 0.6 is 11.6 Å². The molecule has 0 radical (unpaired) electrons. The molecule has 0 saturated carbocycles. The lowest BCUT2D eigenvalue weighted by molar-refractivity contribution is 0.428. The van der Waals surface area contributed by atoms with Gasteiger partial charge in [0.25, 0.3) is 0 Å². The van der Waals surface area contributed by atoms with E-state index < -0.39 is 0 Å². The van der Waals surface area contributed by atoms with Crippen molar-refractivity contribution in [1.82, 2.24) is 0 Å². The number of allylic oxidation sites excluding steroid dienone is 7. The molecular weight excluding hydrogens is 507 g/mol. The average Bonchev–Trinajstić information content (AvgIpc) is 3.25. The number of rotatable bonds is 7. The Balaban J connectivity index is 1.49. The van der Waals surface area contributed by atoms with Gasteiger partial charge in [-0.1, -0.05) is 108 Å². The number of nitrogens with zero attached hydrogens (tertiary/aromatic N) is 2. The standard InChI is InChI=1S/C36H46BClN2/c1-7-24-39-30-18-11-9-16-28(30)34(3,4)32(39)21-20-26-14-13-15-27(33(26)38)22-23-36(37)35(5,6)29-17-10-12-19-31(29)40(36)25-8-2/h9-12,16-23H,7-8,13-15,24-25,37H2,1-6H3/b23-22+,26-20+,32-21+. The van der Waals surface area contributed by atoms with Gasteiger partial charge in [0.2, 0.25) is 0 Å². The van der Waals surface area contributed by atoms with Crippen molar-refractivity contribution in [2.24, 2.45) is 0 Å². The van der Waals surface area contributed by atoms with E-state index in [2.05, 4.69) is 132 Å². The van der Waals surface area contributed by atoms with Gasteiger partial charge in [-0.25, -0.2) is 0 Å². The summed E-state index contributed by atoms with van der Waals surface area (Å²) in [5, 5.41) is 0.939. The van der Waals surface area contributed by atoms with Crippen molar-refractivity contribution >= 4 is 30.8 Å². The summed E-state index contributed by atoms with van der Waals surface area (Å²) in [7, 11) is 2.40. The number of hydrogen-bond donors (Lipinski definition) is 0. The Morgan fingerprint density at radius 2 is 1.50 bits per heavy atom. The molecule has 3 aliphatic rings. The van der Waals surface area contributed by atoms with E-state index in [1.54, 1.807) is 0 Å². The maximum Gasteiger partial charge on any atom is 0.141 e. The van der Waals surface area contributed by atoms with Crippen molar-refractivity contribution in [2.45, 2.75) is 89.9 Å². The van der Waals surface area contributed by atoms with E-state index in [1.165, 1.54) is 39.3 Å². The second kappa shape index (κ2) is 11.0. The molecule has 40 heavy (non-hydrogen) atoms. The van der Waals surface area contributed by atoms with Crippen LogP contribution in [0.1, 0.15) is 84.8 Å². The van der Waals surface area contributed by atoms with Crippen molar-refractivity contribution in [3.8, 4) is 0 Å². The molecule has 0 amide bonds. The monoisotopic (exact) mass is 552 g/mol. The first-order valence-electron chi connectivity index (χ1n) is 15.3. The van der Waals surface area contributed by atoms with Crippen LogP contribution in [0.5, 0.6) is 0 Å². The van der Waals surface area contributed by atoms with E-state index in [4.69, 9.17) is 11.6 Å². The first-order chi connectivity index (χ1) is 19.1. The Labute approximate surface area is 248 Å². The molecule has 4 heteroatoms. The Kier molecular flexibility index (Phi) is 7.92. The molecule has 210 valence electrons. The highest BCUT2D eigenvalue weighted by atomic mass is 35.5. The molecule has 0 spiro atoms. The molecule has 2 aromatic carbocycles. The van der Waals surface area contributed by atoms with Crippen molar-refractivity contribution in [3.05, 3.63) is 106 Å². The Hall–Kier alpha value is -2.65. The highest BCUT2D eigenvalue weighted by Gasteiger charge is 2.51. The van der Waals surface area contributed by atoms with E-state index in [9.17, 15) is 0 Å². The summed E-state index contributed by atoms with van der Waals surface area (Å²) in [4.78, 5) is 5.12. The number of anilines is 2. The predicted molar refractivity (Wildman–Crippen MR) is 178 cm³/mol. The summed E-state index contributed by atoms with van der Waals surface area (Å²) in [6.45, 7) is 16.1. The van der Waals surface area contributed by atoms with Gasteiger partial charge >= 0.3 is 0 Å². The fraction of sp³-hybridized carbons (Fsp3) is 0.444. The van der Waals surface area contributed by atoms with Crippen LogP contribution in [0.25, 0.3) is 0 Å². The molecule has 5 rings (SSSR count). The van der Waals surface area contributed by atoms with Crippen molar-refractivity contribution in [2.75, 3.05) is 22.9 Å². The second-order valence-electron chi connectivity index (χ2n) is 13.0. The fourth-order valence-electron chi connectivity index (χ4n) is 7.23. The molecule has 0 saturated heterocycles. The molecule has 0 aromatic heterocycles. The molecule has 1 unspecified atom stereocenters. The lowest BCUT2D eigenvalue weighted by Gasteiger charge is -2.44. The third-order valence-corrected chi connectivity index (χ3v) is 10.4. The lowest BCUT2D eigenvalue weighted by atomic mass is 9.59. The maximum absolute atomic E-state index is 7.18. The molecule has 1 atom stereocenters. The molecule has 2 aromatic rings. The quantitative estimate of drug-likeness (QED) is 0.317. The van der Waals surface area contributed by atoms with E-state index >= 15 is 0 Å². The number of hydrogen-bond acceptors (Lipinski definition) is 2. The van der Waals surface area contributed by atoms with Crippen LogP contribution in [0.3, 0.4) is 0 Å². The van der Waals surface area contributed by atoms with Gasteiger partial charge in [0.05, 0.1) is 0 Å². The number of para-hydroxylation sites is 2. The van der Waals surface area contributed by atoms with Crippen LogP contribution in [0, 0.1) is 0 Å². The normalized spacial score (nSPS) is 25.4. The molecule has 0 bridgehead atoms. The van der Waals surface area contributed by atoms with Crippen molar-refractivity contribution < 1.29 is 0 Å². The van der Waals surface area contributed by atoms with Crippen LogP contribution in [0.2, 0.25) is 0 Å². The average molecular weight is 553 g/mol. The zero-order valence-corrected chi connectivity index (χ0v) is 26.4. The molecule has 0 fully saturated rings. The molecular formula is C36H46BClN2. The van der Waals surface area contributed by atoms with Crippen molar-refractivity contribution in [3.63, 3.8) is 0 Å². The fourth-order valence-corrected chi connectivity index (χ4v) is 7.54. The van der Waals surface area contributed by atoms with Crippen LogP contribution in [-0.4, -0.2) is 26.4 Å². The van der Waals surface area contributed by atoms with Gasteiger partial charge in [0.15, 0.2) is 0 Å². The Morgan fingerprint density at radius 3 is 2.20 bits per heavy atom. The number of fused-ring (bicyclic) bond motifs is 2. The summed E-state index contributed by atoms with van der Waals surface area (Å²) >= 11 is 7.18.